The van der Waals surface area contributed by atoms with Crippen LogP contribution in [0.25, 0.3) is 0 Å². The van der Waals surface area contributed by atoms with Crippen LogP contribution in [-0.2, 0) is 19.1 Å². The second-order valence-electron chi connectivity index (χ2n) is 10.4. The third-order valence-electron chi connectivity index (χ3n) is 6.60. The average molecular weight is 385 g/mol. The van der Waals surface area contributed by atoms with E-state index in [1.807, 2.05) is 0 Å². The van der Waals surface area contributed by atoms with Crippen LogP contribution in [0.1, 0.15) is 48.0 Å². The Labute approximate surface area is 162 Å². The molecular weight excluding hydrogens is 348 g/mol. The number of fused-ring (bicyclic) bond motifs is 2. The molecule has 2 aliphatic carbocycles. The van der Waals surface area contributed by atoms with E-state index in [9.17, 15) is 14.7 Å². The molecule has 6 unspecified atom stereocenters. The number of carboxylic acid groups (broad SMARTS) is 1. The number of hydrogen-bond donors (Lipinski definition) is 2. The third-order valence-corrected chi connectivity index (χ3v) is 6.60. The van der Waals surface area contributed by atoms with E-state index in [0.29, 0.717) is 30.3 Å². The first-order valence-corrected chi connectivity index (χ1v) is 9.94. The highest BCUT2D eigenvalue weighted by Gasteiger charge is 2.62. The number of aliphatic carboxylic acids is 1. The maximum absolute atomic E-state index is 11.6. The van der Waals surface area contributed by atoms with Crippen molar-refractivity contribution >= 4 is 11.9 Å². The van der Waals surface area contributed by atoms with Crippen molar-refractivity contribution < 1.29 is 29.3 Å². The molecule has 6 heteroatoms. The standard InChI is InChI=1S/C21H36O6/c1-20(2,3)18-12-7-13(19(18)21(4,5)6)15(14(12)8-22)9-26-11-17(25)27-10-16(23)24/h12-15,18-19,22H,7-11H2,1-6H3,(H,23,24). The van der Waals surface area contributed by atoms with E-state index in [2.05, 4.69) is 46.3 Å². The molecule has 27 heavy (non-hydrogen) atoms. The van der Waals surface area contributed by atoms with Crippen molar-refractivity contribution in [2.24, 2.45) is 46.3 Å². The average Bonchev–Trinajstić information content (AvgIpc) is 3.07. The van der Waals surface area contributed by atoms with Gasteiger partial charge in [0.05, 0.1) is 6.61 Å². The Hall–Kier alpha value is -1.14. The zero-order chi connectivity index (χ0) is 20.6. The summed E-state index contributed by atoms with van der Waals surface area (Å²) in [4.78, 5) is 22.0. The van der Waals surface area contributed by atoms with Gasteiger partial charge in [-0.2, -0.15) is 0 Å². The van der Waals surface area contributed by atoms with Crippen molar-refractivity contribution in [2.45, 2.75) is 48.0 Å². The van der Waals surface area contributed by atoms with Gasteiger partial charge in [0.1, 0.15) is 6.61 Å². The minimum absolute atomic E-state index is 0.141. The molecule has 2 aliphatic rings. The number of hydrogen-bond acceptors (Lipinski definition) is 5. The maximum atomic E-state index is 11.6. The molecule has 0 saturated heterocycles. The van der Waals surface area contributed by atoms with Gasteiger partial charge in [0.15, 0.2) is 6.61 Å². The van der Waals surface area contributed by atoms with Gasteiger partial charge in [-0.1, -0.05) is 41.5 Å². The van der Waals surface area contributed by atoms with Crippen LogP contribution in [-0.4, -0.2) is 48.6 Å². The molecule has 6 atom stereocenters. The SMILES string of the molecule is CC(C)(C)C1C2CC(C(COCC(=O)OCC(=O)O)C2CO)C1C(C)(C)C. The van der Waals surface area contributed by atoms with Gasteiger partial charge in [-0.3, -0.25) is 0 Å². The number of aliphatic hydroxyl groups is 1. The number of carbonyl (C=O) groups excluding carboxylic acids is 1. The van der Waals surface area contributed by atoms with Crippen molar-refractivity contribution in [2.75, 3.05) is 26.4 Å². The summed E-state index contributed by atoms with van der Waals surface area (Å²) in [5, 5.41) is 18.6. The van der Waals surface area contributed by atoms with Gasteiger partial charge in [-0.25, -0.2) is 9.59 Å². The zero-order valence-electron chi connectivity index (χ0n) is 17.5. The topological polar surface area (TPSA) is 93.1 Å². The Balaban J connectivity index is 2.06. The third kappa shape index (κ3) is 4.83. The first-order chi connectivity index (χ1) is 12.4. The summed E-state index contributed by atoms with van der Waals surface area (Å²) in [5.74, 6) is 0.583. The molecule has 2 saturated carbocycles. The molecule has 0 amide bonds. The van der Waals surface area contributed by atoms with Crippen LogP contribution >= 0.6 is 0 Å². The van der Waals surface area contributed by atoms with Crippen LogP contribution in [0.4, 0.5) is 0 Å². The lowest BCUT2D eigenvalue weighted by molar-refractivity contribution is -0.159. The summed E-state index contributed by atoms with van der Waals surface area (Å²) in [5.41, 5.74) is 0.341. The van der Waals surface area contributed by atoms with Crippen molar-refractivity contribution in [1.29, 1.82) is 0 Å². The molecule has 0 heterocycles. The summed E-state index contributed by atoms with van der Waals surface area (Å²) in [6.45, 7) is 13.4. The monoisotopic (exact) mass is 384 g/mol. The van der Waals surface area contributed by atoms with Gasteiger partial charge < -0.3 is 19.7 Å². The summed E-state index contributed by atoms with van der Waals surface area (Å²) in [7, 11) is 0. The minimum atomic E-state index is -1.18. The molecule has 2 fully saturated rings. The predicted molar refractivity (Wildman–Crippen MR) is 101 cm³/mol. The molecule has 2 bridgehead atoms. The first-order valence-electron chi connectivity index (χ1n) is 9.94. The van der Waals surface area contributed by atoms with Crippen molar-refractivity contribution in [1.82, 2.24) is 0 Å². The molecule has 0 spiro atoms. The zero-order valence-corrected chi connectivity index (χ0v) is 17.5. The van der Waals surface area contributed by atoms with Crippen molar-refractivity contribution in [3.05, 3.63) is 0 Å². The van der Waals surface area contributed by atoms with E-state index in [4.69, 9.17) is 9.84 Å². The smallest absolute Gasteiger partial charge is 0.341 e. The van der Waals surface area contributed by atoms with Gasteiger partial charge in [0.2, 0.25) is 0 Å². The number of carboxylic acids is 1. The molecular formula is C21H36O6. The maximum Gasteiger partial charge on any atom is 0.341 e. The largest absolute Gasteiger partial charge is 0.479 e. The van der Waals surface area contributed by atoms with E-state index >= 15 is 0 Å². The van der Waals surface area contributed by atoms with Crippen LogP contribution in [0.3, 0.4) is 0 Å². The number of aliphatic hydroxyl groups excluding tert-OH is 1. The fraction of sp³-hybridized carbons (Fsp3) is 0.905. The van der Waals surface area contributed by atoms with Crippen LogP contribution in [0.5, 0.6) is 0 Å². The fourth-order valence-corrected chi connectivity index (χ4v) is 6.00. The molecule has 0 aromatic heterocycles. The Morgan fingerprint density at radius 3 is 1.89 bits per heavy atom. The highest BCUT2D eigenvalue weighted by molar-refractivity contribution is 5.75. The highest BCUT2D eigenvalue weighted by atomic mass is 16.6. The second-order valence-corrected chi connectivity index (χ2v) is 10.4. The Bertz CT molecular complexity index is 544. The highest BCUT2D eigenvalue weighted by Crippen LogP contribution is 2.66. The fourth-order valence-electron chi connectivity index (χ4n) is 6.00. The number of ether oxygens (including phenoxy) is 2. The van der Waals surface area contributed by atoms with E-state index < -0.39 is 18.5 Å². The summed E-state index contributed by atoms with van der Waals surface area (Å²) < 4.78 is 10.2. The molecule has 0 aromatic carbocycles. The van der Waals surface area contributed by atoms with E-state index in [0.717, 1.165) is 6.42 Å². The van der Waals surface area contributed by atoms with Crippen LogP contribution in [0, 0.1) is 46.3 Å². The molecule has 156 valence electrons. The van der Waals surface area contributed by atoms with E-state index in [-0.39, 0.29) is 35.9 Å². The normalized spacial score (nSPS) is 33.3. The summed E-state index contributed by atoms with van der Waals surface area (Å²) in [6, 6.07) is 0. The van der Waals surface area contributed by atoms with Gasteiger partial charge in [-0.05, 0) is 52.8 Å². The minimum Gasteiger partial charge on any atom is -0.479 e. The van der Waals surface area contributed by atoms with Gasteiger partial charge in [0.25, 0.3) is 0 Å². The quantitative estimate of drug-likeness (QED) is 0.656. The number of esters is 1. The molecule has 0 aliphatic heterocycles. The van der Waals surface area contributed by atoms with Gasteiger partial charge in [-0.15, -0.1) is 0 Å². The predicted octanol–water partition coefficient (Wildman–Crippen LogP) is 2.83. The number of carbonyl (C=O) groups is 2. The summed E-state index contributed by atoms with van der Waals surface area (Å²) >= 11 is 0. The Morgan fingerprint density at radius 1 is 0.926 bits per heavy atom. The van der Waals surface area contributed by atoms with Crippen molar-refractivity contribution in [3.63, 3.8) is 0 Å². The van der Waals surface area contributed by atoms with Gasteiger partial charge in [0, 0.05) is 6.61 Å². The van der Waals surface area contributed by atoms with Crippen LogP contribution in [0.2, 0.25) is 0 Å². The molecule has 6 nitrogen and oxygen atoms in total. The Morgan fingerprint density at radius 2 is 1.44 bits per heavy atom. The lowest BCUT2D eigenvalue weighted by Crippen LogP contribution is -2.48. The second kappa shape index (κ2) is 8.08. The molecule has 2 rings (SSSR count). The molecule has 0 aromatic rings. The lowest BCUT2D eigenvalue weighted by atomic mass is 9.55. The van der Waals surface area contributed by atoms with Gasteiger partial charge >= 0.3 is 11.9 Å². The van der Waals surface area contributed by atoms with Crippen molar-refractivity contribution in [3.8, 4) is 0 Å². The van der Waals surface area contributed by atoms with E-state index in [1.165, 1.54) is 0 Å². The number of rotatable bonds is 7. The molecule has 0 radical (unpaired) electrons. The lowest BCUT2D eigenvalue weighted by Gasteiger charge is -2.51. The summed E-state index contributed by atoms with van der Waals surface area (Å²) in [6.07, 6.45) is 1.10. The Kier molecular flexibility index (Phi) is 6.63. The first kappa shape index (κ1) is 22.2. The van der Waals surface area contributed by atoms with Crippen LogP contribution in [0.15, 0.2) is 0 Å². The molecule has 2 N–H and O–H groups in total. The van der Waals surface area contributed by atoms with Crippen LogP contribution < -0.4 is 0 Å². The van der Waals surface area contributed by atoms with E-state index in [1.54, 1.807) is 0 Å².